The van der Waals surface area contributed by atoms with E-state index in [2.05, 4.69) is 20.9 Å². The van der Waals surface area contributed by atoms with Crippen LogP contribution in [0.25, 0.3) is 0 Å². The average molecular weight is 487 g/mol. The predicted molar refractivity (Wildman–Crippen MR) is 145 cm³/mol. The smallest absolute Gasteiger partial charge is 0.323 e. The summed E-state index contributed by atoms with van der Waals surface area (Å²) in [5.74, 6) is 0.583. The number of carbonyl (C=O) groups is 2. The number of nitrogens with zero attached hydrogens (tertiary/aromatic N) is 1. The lowest BCUT2D eigenvalue weighted by Gasteiger charge is -2.31. The lowest BCUT2D eigenvalue weighted by atomic mass is 10.0. The Morgan fingerprint density at radius 1 is 0.889 bits per heavy atom. The van der Waals surface area contributed by atoms with E-state index < -0.39 is 0 Å². The molecule has 0 aromatic heterocycles. The van der Waals surface area contributed by atoms with Crippen molar-refractivity contribution in [3.05, 3.63) is 83.9 Å². The summed E-state index contributed by atoms with van der Waals surface area (Å²) in [7, 11) is 0. The Hall–Kier alpha value is -4.00. The topological polar surface area (TPSA) is 82.7 Å². The molecule has 188 valence electrons. The molecular formula is C29H34N4O3. The normalized spacial score (nSPS) is 14.0. The molecule has 0 radical (unpaired) electrons. The lowest BCUT2D eigenvalue weighted by molar-refractivity contribution is 0.0940. The van der Waals surface area contributed by atoms with Crippen LogP contribution >= 0.6 is 0 Å². The van der Waals surface area contributed by atoms with Crippen molar-refractivity contribution >= 4 is 29.0 Å². The van der Waals surface area contributed by atoms with Gasteiger partial charge in [-0.1, -0.05) is 30.3 Å². The summed E-state index contributed by atoms with van der Waals surface area (Å²) in [5, 5.41) is 8.81. The summed E-state index contributed by atoms with van der Waals surface area (Å²) in [5.41, 5.74) is 3.69. The van der Waals surface area contributed by atoms with Crippen LogP contribution in [0.3, 0.4) is 0 Å². The molecule has 3 amide bonds. The molecule has 36 heavy (non-hydrogen) atoms. The summed E-state index contributed by atoms with van der Waals surface area (Å²) in [6.45, 7) is 6.31. The number of rotatable bonds is 8. The van der Waals surface area contributed by atoms with Crippen LogP contribution in [-0.4, -0.2) is 31.6 Å². The highest BCUT2D eigenvalue weighted by atomic mass is 16.5. The zero-order chi connectivity index (χ0) is 25.3. The molecule has 0 bridgehead atoms. The third-order valence-electron chi connectivity index (χ3n) is 6.27. The minimum Gasteiger partial charge on any atom is -0.494 e. The summed E-state index contributed by atoms with van der Waals surface area (Å²) in [6, 6.07) is 22.1. The molecule has 0 aliphatic carbocycles. The van der Waals surface area contributed by atoms with Gasteiger partial charge in [0.2, 0.25) is 0 Å². The van der Waals surface area contributed by atoms with E-state index >= 15 is 0 Å². The number of piperidine rings is 1. The van der Waals surface area contributed by atoms with Crippen molar-refractivity contribution in [2.75, 3.05) is 35.2 Å². The van der Waals surface area contributed by atoms with Crippen molar-refractivity contribution in [1.29, 1.82) is 0 Å². The molecule has 1 heterocycles. The maximum Gasteiger partial charge on any atom is 0.323 e. The average Bonchev–Trinajstić information content (AvgIpc) is 2.91. The molecule has 7 heteroatoms. The monoisotopic (exact) mass is 486 g/mol. The molecule has 3 aromatic rings. The fourth-order valence-electron chi connectivity index (χ4n) is 4.40. The van der Waals surface area contributed by atoms with Crippen LogP contribution in [0, 0.1) is 0 Å². The van der Waals surface area contributed by atoms with Crippen LogP contribution in [0.1, 0.15) is 55.1 Å². The summed E-state index contributed by atoms with van der Waals surface area (Å²) < 4.78 is 5.44. The Morgan fingerprint density at radius 2 is 1.56 bits per heavy atom. The van der Waals surface area contributed by atoms with E-state index in [1.54, 1.807) is 18.2 Å². The first-order chi connectivity index (χ1) is 17.5. The minimum absolute atomic E-state index is 0.146. The highest BCUT2D eigenvalue weighted by molar-refractivity contribution is 6.04. The molecule has 7 nitrogen and oxygen atoms in total. The first-order valence-corrected chi connectivity index (χ1v) is 12.6. The molecule has 1 atom stereocenters. The van der Waals surface area contributed by atoms with Gasteiger partial charge in [-0.2, -0.15) is 0 Å². The number of hydrogen-bond donors (Lipinski definition) is 3. The Bertz CT molecular complexity index is 1160. The molecule has 3 N–H and O–H groups in total. The van der Waals surface area contributed by atoms with Crippen molar-refractivity contribution in [3.63, 3.8) is 0 Å². The van der Waals surface area contributed by atoms with Gasteiger partial charge in [0.05, 0.1) is 18.2 Å². The standard InChI is InChI=1S/C29H34N4O3/c1-3-36-25-15-12-23(13-16-25)31-29(35)32-24-14-17-27(33-18-8-5-9-19-33)26(20-24)28(34)30-21(2)22-10-6-4-7-11-22/h4,6-7,10-17,20-21H,3,5,8-9,18-19H2,1-2H3,(H,30,34)(H2,31,32,35). The summed E-state index contributed by atoms with van der Waals surface area (Å²) in [4.78, 5) is 28.3. The molecule has 0 saturated carbocycles. The third-order valence-corrected chi connectivity index (χ3v) is 6.27. The van der Waals surface area contributed by atoms with Gasteiger partial charge in [-0.3, -0.25) is 4.79 Å². The van der Waals surface area contributed by atoms with E-state index in [0.717, 1.165) is 42.9 Å². The van der Waals surface area contributed by atoms with Crippen LogP contribution < -0.4 is 25.6 Å². The number of nitrogens with one attached hydrogen (secondary N) is 3. The first kappa shape index (κ1) is 25.1. The van der Waals surface area contributed by atoms with E-state index in [1.807, 2.05) is 68.4 Å². The van der Waals surface area contributed by atoms with Crippen LogP contribution in [0.15, 0.2) is 72.8 Å². The van der Waals surface area contributed by atoms with Gasteiger partial charge in [0, 0.05) is 30.2 Å². The number of hydrogen-bond acceptors (Lipinski definition) is 4. The number of anilines is 3. The van der Waals surface area contributed by atoms with Crippen molar-refractivity contribution < 1.29 is 14.3 Å². The van der Waals surface area contributed by atoms with Gasteiger partial charge in [-0.05, 0) is 81.1 Å². The minimum atomic E-state index is -0.381. The van der Waals surface area contributed by atoms with Crippen LogP contribution in [0.4, 0.5) is 21.9 Å². The van der Waals surface area contributed by atoms with Crippen LogP contribution in [0.2, 0.25) is 0 Å². The van der Waals surface area contributed by atoms with E-state index in [1.165, 1.54) is 6.42 Å². The van der Waals surface area contributed by atoms with Crippen molar-refractivity contribution in [2.45, 2.75) is 39.2 Å². The predicted octanol–water partition coefficient (Wildman–Crippen LogP) is 6.21. The van der Waals surface area contributed by atoms with E-state index in [4.69, 9.17) is 4.74 Å². The first-order valence-electron chi connectivity index (χ1n) is 12.6. The van der Waals surface area contributed by atoms with E-state index in [0.29, 0.717) is 23.5 Å². The molecule has 0 spiro atoms. The maximum atomic E-state index is 13.4. The molecule has 1 fully saturated rings. The second-order valence-corrected chi connectivity index (χ2v) is 8.92. The van der Waals surface area contributed by atoms with Crippen LogP contribution in [0.5, 0.6) is 5.75 Å². The highest BCUT2D eigenvalue weighted by Crippen LogP contribution is 2.28. The Kier molecular flexibility index (Phi) is 8.44. The summed E-state index contributed by atoms with van der Waals surface area (Å²) in [6.07, 6.45) is 3.41. The second-order valence-electron chi connectivity index (χ2n) is 8.92. The Balaban J connectivity index is 1.50. The molecule has 1 aliphatic rings. The molecule has 1 unspecified atom stereocenters. The van der Waals surface area contributed by atoms with Gasteiger partial charge >= 0.3 is 6.03 Å². The zero-order valence-corrected chi connectivity index (χ0v) is 20.9. The zero-order valence-electron chi connectivity index (χ0n) is 20.9. The van der Waals surface area contributed by atoms with Crippen LogP contribution in [-0.2, 0) is 0 Å². The number of ether oxygens (including phenoxy) is 1. The number of amides is 3. The number of urea groups is 1. The number of benzene rings is 3. The van der Waals surface area contributed by atoms with Crippen molar-refractivity contribution in [2.24, 2.45) is 0 Å². The molecule has 1 saturated heterocycles. The highest BCUT2D eigenvalue weighted by Gasteiger charge is 2.21. The Labute approximate surface area is 212 Å². The second kappa shape index (κ2) is 12.1. The lowest BCUT2D eigenvalue weighted by Crippen LogP contribution is -2.33. The molecule has 1 aliphatic heterocycles. The third kappa shape index (κ3) is 6.56. The van der Waals surface area contributed by atoms with Gasteiger partial charge in [0.25, 0.3) is 5.91 Å². The maximum absolute atomic E-state index is 13.4. The van der Waals surface area contributed by atoms with Gasteiger partial charge < -0.3 is 25.6 Å². The fourth-order valence-corrected chi connectivity index (χ4v) is 4.40. The SMILES string of the molecule is CCOc1ccc(NC(=O)Nc2ccc(N3CCCCC3)c(C(=O)NC(C)c3ccccc3)c2)cc1. The van der Waals surface area contributed by atoms with Gasteiger partial charge in [-0.25, -0.2) is 4.79 Å². The molecule has 4 rings (SSSR count). The van der Waals surface area contributed by atoms with Gasteiger partial charge in [0.1, 0.15) is 5.75 Å². The summed E-state index contributed by atoms with van der Waals surface area (Å²) >= 11 is 0. The largest absolute Gasteiger partial charge is 0.494 e. The van der Waals surface area contributed by atoms with Crippen molar-refractivity contribution in [3.8, 4) is 5.75 Å². The van der Waals surface area contributed by atoms with Gasteiger partial charge in [0.15, 0.2) is 0 Å². The number of carbonyl (C=O) groups excluding carboxylic acids is 2. The van der Waals surface area contributed by atoms with Gasteiger partial charge in [-0.15, -0.1) is 0 Å². The van der Waals surface area contributed by atoms with Crippen molar-refractivity contribution in [1.82, 2.24) is 5.32 Å². The van der Waals surface area contributed by atoms with E-state index in [-0.39, 0.29) is 18.0 Å². The fraction of sp³-hybridized carbons (Fsp3) is 0.310. The van der Waals surface area contributed by atoms with E-state index in [9.17, 15) is 9.59 Å². The molecule has 3 aromatic carbocycles. The quantitative estimate of drug-likeness (QED) is 0.353. The molecular weight excluding hydrogens is 452 g/mol. The Morgan fingerprint density at radius 3 is 2.25 bits per heavy atom.